The van der Waals surface area contributed by atoms with Gasteiger partial charge in [0, 0.05) is 13.7 Å². The fourth-order valence-electron chi connectivity index (χ4n) is 1.64. The van der Waals surface area contributed by atoms with Crippen molar-refractivity contribution >= 4 is 5.97 Å². The predicted molar refractivity (Wildman–Crippen MR) is 65.7 cm³/mol. The van der Waals surface area contributed by atoms with Crippen LogP contribution in [0.1, 0.15) is 12.8 Å². The van der Waals surface area contributed by atoms with E-state index in [2.05, 4.69) is 5.32 Å². The van der Waals surface area contributed by atoms with Crippen molar-refractivity contribution < 1.29 is 24.1 Å². The second-order valence-corrected chi connectivity index (χ2v) is 4.33. The van der Waals surface area contributed by atoms with Gasteiger partial charge in [-0.2, -0.15) is 0 Å². The van der Waals surface area contributed by atoms with Gasteiger partial charge < -0.3 is 24.6 Å². The quantitative estimate of drug-likeness (QED) is 0.486. The van der Waals surface area contributed by atoms with Crippen LogP contribution in [0.25, 0.3) is 0 Å². The van der Waals surface area contributed by atoms with Gasteiger partial charge in [-0.15, -0.1) is 0 Å². The van der Waals surface area contributed by atoms with Crippen LogP contribution < -0.4 is 5.32 Å². The average molecular weight is 261 g/mol. The molecule has 0 amide bonds. The fourth-order valence-corrected chi connectivity index (χ4v) is 1.64. The number of ether oxygens (including phenoxy) is 3. The van der Waals surface area contributed by atoms with Crippen LogP contribution >= 0.6 is 0 Å². The smallest absolute Gasteiger partial charge is 0.320 e. The molecule has 0 aromatic carbocycles. The number of carboxylic acid groups (broad SMARTS) is 1. The summed E-state index contributed by atoms with van der Waals surface area (Å²) in [6.07, 6.45) is 2.02. The normalized spacial score (nSPS) is 16.7. The Morgan fingerprint density at radius 2 is 1.83 bits per heavy atom. The number of aliphatic carboxylic acids is 1. The maximum Gasteiger partial charge on any atom is 0.320 e. The van der Waals surface area contributed by atoms with Crippen molar-refractivity contribution in [2.75, 3.05) is 46.7 Å². The molecular weight excluding hydrogens is 238 g/mol. The second kappa shape index (κ2) is 9.27. The summed E-state index contributed by atoms with van der Waals surface area (Å²) in [5.74, 6) is -0.458. The summed E-state index contributed by atoms with van der Waals surface area (Å²) in [5.41, 5.74) is 0. The van der Waals surface area contributed by atoms with Crippen molar-refractivity contribution in [1.29, 1.82) is 0 Å². The Labute approximate surface area is 108 Å². The molecule has 1 fully saturated rings. The lowest BCUT2D eigenvalue weighted by Crippen LogP contribution is -2.40. The fraction of sp³-hybridized carbons (Fsp3) is 0.917. The number of hydrogen-bond acceptors (Lipinski definition) is 5. The molecule has 0 aromatic heterocycles. The first-order chi connectivity index (χ1) is 8.75. The topological polar surface area (TPSA) is 77.0 Å². The summed E-state index contributed by atoms with van der Waals surface area (Å²) in [6.45, 7) is 3.28. The van der Waals surface area contributed by atoms with E-state index in [-0.39, 0.29) is 0 Å². The van der Waals surface area contributed by atoms with Crippen molar-refractivity contribution in [3.8, 4) is 0 Å². The Balaban J connectivity index is 1.87. The molecule has 0 aromatic rings. The third-order valence-electron chi connectivity index (χ3n) is 2.77. The third-order valence-corrected chi connectivity index (χ3v) is 2.77. The Hall–Kier alpha value is -0.690. The van der Waals surface area contributed by atoms with Crippen molar-refractivity contribution in [2.45, 2.75) is 18.9 Å². The molecule has 18 heavy (non-hydrogen) atoms. The molecule has 1 saturated carbocycles. The minimum Gasteiger partial charge on any atom is -0.480 e. The molecule has 0 spiro atoms. The van der Waals surface area contributed by atoms with E-state index in [1.54, 1.807) is 7.11 Å². The van der Waals surface area contributed by atoms with Crippen LogP contribution in [0.5, 0.6) is 0 Å². The Morgan fingerprint density at radius 3 is 2.39 bits per heavy atom. The highest BCUT2D eigenvalue weighted by Gasteiger charge is 2.35. The molecule has 1 aliphatic rings. The van der Waals surface area contributed by atoms with Crippen LogP contribution in [0.2, 0.25) is 0 Å². The zero-order valence-electron chi connectivity index (χ0n) is 10.9. The van der Waals surface area contributed by atoms with E-state index in [0.717, 1.165) is 12.8 Å². The van der Waals surface area contributed by atoms with Crippen LogP contribution in [-0.4, -0.2) is 63.8 Å². The highest BCUT2D eigenvalue weighted by molar-refractivity contribution is 5.74. The zero-order valence-corrected chi connectivity index (χ0v) is 10.9. The standard InChI is InChI=1S/C12H23NO5/c1-16-6-7-18-9-8-17-5-4-13-11(12(14)15)10-2-3-10/h10-11,13H,2-9H2,1H3,(H,14,15). The van der Waals surface area contributed by atoms with Crippen LogP contribution in [0.15, 0.2) is 0 Å². The Bertz CT molecular complexity index is 233. The maximum absolute atomic E-state index is 10.9. The van der Waals surface area contributed by atoms with E-state index in [0.29, 0.717) is 45.5 Å². The third kappa shape index (κ3) is 6.90. The van der Waals surface area contributed by atoms with E-state index in [4.69, 9.17) is 19.3 Å². The van der Waals surface area contributed by atoms with Gasteiger partial charge in [0.15, 0.2) is 0 Å². The number of carboxylic acids is 1. The molecule has 6 heteroatoms. The van der Waals surface area contributed by atoms with E-state index in [9.17, 15) is 4.79 Å². The summed E-state index contributed by atoms with van der Waals surface area (Å²) in [5, 5.41) is 12.0. The summed E-state index contributed by atoms with van der Waals surface area (Å²) in [4.78, 5) is 10.9. The molecule has 106 valence electrons. The zero-order chi connectivity index (χ0) is 13.2. The number of carbonyl (C=O) groups is 1. The molecule has 6 nitrogen and oxygen atoms in total. The largest absolute Gasteiger partial charge is 0.480 e. The van der Waals surface area contributed by atoms with Crippen LogP contribution in [0, 0.1) is 5.92 Å². The molecule has 1 atom stereocenters. The lowest BCUT2D eigenvalue weighted by Gasteiger charge is -2.13. The minimum absolute atomic E-state index is 0.305. The van der Waals surface area contributed by atoms with Gasteiger partial charge in [0.1, 0.15) is 6.04 Å². The molecular formula is C12H23NO5. The van der Waals surface area contributed by atoms with E-state index in [1.165, 1.54) is 0 Å². The number of methoxy groups -OCH3 is 1. The molecule has 1 unspecified atom stereocenters. The monoisotopic (exact) mass is 261 g/mol. The van der Waals surface area contributed by atoms with Gasteiger partial charge in [-0.1, -0.05) is 0 Å². The Morgan fingerprint density at radius 1 is 1.22 bits per heavy atom. The Kier molecular flexibility index (Phi) is 7.91. The molecule has 0 aliphatic heterocycles. The summed E-state index contributed by atoms with van der Waals surface area (Å²) >= 11 is 0. The molecule has 1 rings (SSSR count). The van der Waals surface area contributed by atoms with Crippen LogP contribution in [0.3, 0.4) is 0 Å². The minimum atomic E-state index is -0.764. The van der Waals surface area contributed by atoms with E-state index >= 15 is 0 Å². The van der Waals surface area contributed by atoms with Gasteiger partial charge in [-0.3, -0.25) is 4.79 Å². The van der Waals surface area contributed by atoms with Crippen molar-refractivity contribution in [1.82, 2.24) is 5.32 Å². The first-order valence-corrected chi connectivity index (χ1v) is 6.36. The van der Waals surface area contributed by atoms with Gasteiger partial charge in [-0.05, 0) is 18.8 Å². The predicted octanol–water partition coefficient (Wildman–Crippen LogP) is 0.119. The number of rotatable bonds is 12. The summed E-state index contributed by atoms with van der Waals surface area (Å²) in [6, 6.07) is -0.411. The van der Waals surface area contributed by atoms with Crippen molar-refractivity contribution in [2.24, 2.45) is 5.92 Å². The summed E-state index contributed by atoms with van der Waals surface area (Å²) < 4.78 is 15.4. The first-order valence-electron chi connectivity index (χ1n) is 6.36. The highest BCUT2D eigenvalue weighted by atomic mass is 16.5. The molecule has 1 aliphatic carbocycles. The van der Waals surface area contributed by atoms with Gasteiger partial charge in [0.2, 0.25) is 0 Å². The molecule has 0 radical (unpaired) electrons. The lowest BCUT2D eigenvalue weighted by atomic mass is 10.2. The lowest BCUT2D eigenvalue weighted by molar-refractivity contribution is -0.140. The molecule has 0 bridgehead atoms. The van der Waals surface area contributed by atoms with Gasteiger partial charge in [0.25, 0.3) is 0 Å². The highest BCUT2D eigenvalue weighted by Crippen LogP contribution is 2.32. The van der Waals surface area contributed by atoms with E-state index in [1.807, 2.05) is 0 Å². The maximum atomic E-state index is 10.9. The number of hydrogen-bond donors (Lipinski definition) is 2. The van der Waals surface area contributed by atoms with Crippen LogP contribution in [0.4, 0.5) is 0 Å². The SMILES string of the molecule is COCCOCCOCCNC(C(=O)O)C1CC1. The average Bonchev–Trinajstić information content (AvgIpc) is 3.15. The second-order valence-electron chi connectivity index (χ2n) is 4.33. The molecule has 2 N–H and O–H groups in total. The first kappa shape index (κ1) is 15.4. The van der Waals surface area contributed by atoms with Gasteiger partial charge in [0.05, 0.1) is 33.0 Å². The van der Waals surface area contributed by atoms with E-state index < -0.39 is 12.0 Å². The van der Waals surface area contributed by atoms with Gasteiger partial charge >= 0.3 is 5.97 Å². The van der Waals surface area contributed by atoms with Crippen molar-refractivity contribution in [3.63, 3.8) is 0 Å². The summed E-state index contributed by atoms with van der Waals surface area (Å²) in [7, 11) is 1.63. The van der Waals surface area contributed by atoms with Crippen LogP contribution in [-0.2, 0) is 19.0 Å². The van der Waals surface area contributed by atoms with Crippen molar-refractivity contribution in [3.05, 3.63) is 0 Å². The number of nitrogens with one attached hydrogen (secondary N) is 1. The van der Waals surface area contributed by atoms with Gasteiger partial charge in [-0.25, -0.2) is 0 Å². The molecule has 0 heterocycles. The molecule has 0 saturated heterocycles.